The van der Waals surface area contributed by atoms with Gasteiger partial charge in [0, 0.05) is 6.54 Å². The first-order valence-electron chi connectivity index (χ1n) is 9.90. The van der Waals surface area contributed by atoms with Crippen LogP contribution in [0.15, 0.2) is 24.3 Å². The van der Waals surface area contributed by atoms with Crippen LogP contribution < -0.4 is 10.1 Å². The number of fused-ring (bicyclic) bond motifs is 1. The Hall–Kier alpha value is -2.90. The fraction of sp³-hybridized carbons (Fsp3) is 0.524. The van der Waals surface area contributed by atoms with Crippen molar-refractivity contribution >= 4 is 23.7 Å². The molecule has 29 heavy (non-hydrogen) atoms. The Labute approximate surface area is 169 Å². The Bertz CT molecular complexity index is 752. The van der Waals surface area contributed by atoms with Gasteiger partial charge in [-0.25, -0.2) is 0 Å². The van der Waals surface area contributed by atoms with Crippen LogP contribution in [0.1, 0.15) is 31.2 Å². The number of methoxy groups -OCH3 is 1. The molecule has 3 rings (SSSR count). The molecule has 1 aromatic rings. The molecule has 1 heterocycles. The normalized spacial score (nSPS) is 20.9. The van der Waals surface area contributed by atoms with Crippen molar-refractivity contribution in [2.45, 2.75) is 32.1 Å². The second-order valence-electron chi connectivity index (χ2n) is 7.37. The number of rotatable bonds is 8. The van der Waals surface area contributed by atoms with Crippen LogP contribution in [-0.4, -0.2) is 55.4 Å². The van der Waals surface area contributed by atoms with Crippen LogP contribution >= 0.6 is 0 Å². The summed E-state index contributed by atoms with van der Waals surface area (Å²) < 4.78 is 10.0. The van der Waals surface area contributed by atoms with Gasteiger partial charge in [-0.3, -0.25) is 24.1 Å². The van der Waals surface area contributed by atoms with E-state index in [-0.39, 0.29) is 23.7 Å². The summed E-state index contributed by atoms with van der Waals surface area (Å²) in [6, 6.07) is 7.51. The molecular formula is C21H26N2O6. The van der Waals surface area contributed by atoms with E-state index < -0.39 is 25.0 Å². The Kier molecular flexibility index (Phi) is 6.85. The molecule has 1 aliphatic heterocycles. The van der Waals surface area contributed by atoms with Gasteiger partial charge < -0.3 is 14.8 Å². The minimum absolute atomic E-state index is 0.291. The number of nitrogens with zero attached hydrogens (tertiary/aromatic N) is 1. The summed E-state index contributed by atoms with van der Waals surface area (Å²) in [5.41, 5.74) is 1.04. The molecule has 1 aliphatic carbocycles. The van der Waals surface area contributed by atoms with E-state index in [4.69, 9.17) is 9.47 Å². The van der Waals surface area contributed by atoms with Crippen LogP contribution in [-0.2, 0) is 30.3 Å². The molecule has 0 unspecified atom stereocenters. The van der Waals surface area contributed by atoms with Crippen molar-refractivity contribution in [3.8, 4) is 5.75 Å². The fourth-order valence-electron chi connectivity index (χ4n) is 3.90. The maximum absolute atomic E-state index is 12.4. The quantitative estimate of drug-likeness (QED) is 0.516. The Morgan fingerprint density at radius 3 is 2.28 bits per heavy atom. The first-order chi connectivity index (χ1) is 14.0. The molecule has 0 bridgehead atoms. The van der Waals surface area contributed by atoms with Gasteiger partial charge in [0.2, 0.25) is 11.8 Å². The fourth-order valence-corrected chi connectivity index (χ4v) is 3.90. The average Bonchev–Trinajstić information content (AvgIpc) is 2.98. The Morgan fingerprint density at radius 2 is 1.69 bits per heavy atom. The van der Waals surface area contributed by atoms with Crippen molar-refractivity contribution in [1.29, 1.82) is 0 Å². The van der Waals surface area contributed by atoms with Crippen molar-refractivity contribution in [1.82, 2.24) is 10.2 Å². The molecule has 2 atom stereocenters. The van der Waals surface area contributed by atoms with Crippen LogP contribution in [0.3, 0.4) is 0 Å². The van der Waals surface area contributed by atoms with Gasteiger partial charge >= 0.3 is 5.97 Å². The number of imide groups is 1. The zero-order chi connectivity index (χ0) is 20.8. The lowest BCUT2D eigenvalue weighted by molar-refractivity contribution is -0.154. The highest BCUT2D eigenvalue weighted by Gasteiger charge is 2.48. The van der Waals surface area contributed by atoms with E-state index in [1.54, 1.807) is 7.11 Å². The van der Waals surface area contributed by atoms with Gasteiger partial charge in [-0.05, 0) is 37.0 Å². The maximum atomic E-state index is 12.4. The maximum Gasteiger partial charge on any atom is 0.326 e. The third-order valence-electron chi connectivity index (χ3n) is 5.48. The molecule has 1 N–H and O–H groups in total. The van der Waals surface area contributed by atoms with E-state index in [0.29, 0.717) is 25.8 Å². The molecule has 1 aromatic carbocycles. The van der Waals surface area contributed by atoms with E-state index in [2.05, 4.69) is 5.32 Å². The summed E-state index contributed by atoms with van der Waals surface area (Å²) in [7, 11) is 1.60. The molecule has 8 heteroatoms. The van der Waals surface area contributed by atoms with Gasteiger partial charge in [0.05, 0.1) is 18.9 Å². The van der Waals surface area contributed by atoms with E-state index in [1.165, 1.54) is 0 Å². The lowest BCUT2D eigenvalue weighted by atomic mass is 9.81. The molecule has 0 spiro atoms. The summed E-state index contributed by atoms with van der Waals surface area (Å²) in [5.74, 6) is -1.61. The van der Waals surface area contributed by atoms with Gasteiger partial charge in [0.25, 0.3) is 5.91 Å². The number of nitrogens with one attached hydrogen (secondary N) is 1. The predicted octanol–water partition coefficient (Wildman–Crippen LogP) is 1.07. The van der Waals surface area contributed by atoms with Crippen molar-refractivity contribution in [3.63, 3.8) is 0 Å². The number of carbonyl (C=O) groups is 4. The molecule has 8 nitrogen and oxygen atoms in total. The first-order valence-corrected chi connectivity index (χ1v) is 9.90. The summed E-state index contributed by atoms with van der Waals surface area (Å²) in [4.78, 5) is 49.5. The van der Waals surface area contributed by atoms with Crippen LogP contribution in [0.2, 0.25) is 0 Å². The summed E-state index contributed by atoms with van der Waals surface area (Å²) in [5, 5.41) is 2.67. The minimum Gasteiger partial charge on any atom is -0.497 e. The standard InChI is InChI=1S/C21H26N2O6/c1-28-15-8-6-14(7-9-15)10-11-22-18(24)13-29-19(25)12-23-20(26)16-4-2-3-5-17(16)21(23)27/h6-9,16-17H,2-5,10-13H2,1H3,(H,22,24)/t16-,17+. The number of amides is 3. The van der Waals surface area contributed by atoms with Crippen LogP contribution in [0.5, 0.6) is 5.75 Å². The summed E-state index contributed by atoms with van der Waals surface area (Å²) in [6.45, 7) is -0.469. The van der Waals surface area contributed by atoms with Gasteiger partial charge in [-0.15, -0.1) is 0 Å². The van der Waals surface area contributed by atoms with Crippen molar-refractivity contribution in [2.75, 3.05) is 26.8 Å². The molecule has 0 radical (unpaired) electrons. The van der Waals surface area contributed by atoms with Crippen molar-refractivity contribution in [3.05, 3.63) is 29.8 Å². The summed E-state index contributed by atoms with van der Waals surface area (Å²) >= 11 is 0. The van der Waals surface area contributed by atoms with E-state index in [9.17, 15) is 19.2 Å². The average molecular weight is 402 g/mol. The number of carbonyl (C=O) groups excluding carboxylic acids is 4. The topological polar surface area (TPSA) is 102 Å². The molecule has 1 saturated heterocycles. The third-order valence-corrected chi connectivity index (χ3v) is 5.48. The monoisotopic (exact) mass is 402 g/mol. The predicted molar refractivity (Wildman–Crippen MR) is 103 cm³/mol. The van der Waals surface area contributed by atoms with Crippen LogP contribution in [0.25, 0.3) is 0 Å². The van der Waals surface area contributed by atoms with Crippen LogP contribution in [0, 0.1) is 11.8 Å². The minimum atomic E-state index is -0.754. The zero-order valence-electron chi connectivity index (χ0n) is 16.5. The Morgan fingerprint density at radius 1 is 1.07 bits per heavy atom. The molecule has 2 aliphatic rings. The van der Waals surface area contributed by atoms with E-state index in [0.717, 1.165) is 29.1 Å². The van der Waals surface area contributed by atoms with Crippen molar-refractivity contribution in [2.24, 2.45) is 11.8 Å². The smallest absolute Gasteiger partial charge is 0.326 e. The molecule has 0 aromatic heterocycles. The molecule has 156 valence electrons. The highest BCUT2D eigenvalue weighted by molar-refractivity contribution is 6.07. The van der Waals surface area contributed by atoms with Crippen LogP contribution in [0.4, 0.5) is 0 Å². The second-order valence-corrected chi connectivity index (χ2v) is 7.37. The van der Waals surface area contributed by atoms with E-state index >= 15 is 0 Å². The number of hydrogen-bond donors (Lipinski definition) is 1. The first kappa shape index (κ1) is 20.8. The molecule has 2 fully saturated rings. The lowest BCUT2D eigenvalue weighted by Gasteiger charge is -2.19. The highest BCUT2D eigenvalue weighted by Crippen LogP contribution is 2.37. The molecular weight excluding hydrogens is 376 g/mol. The number of benzene rings is 1. The number of ether oxygens (including phenoxy) is 2. The largest absolute Gasteiger partial charge is 0.497 e. The number of likely N-dealkylation sites (tertiary alicyclic amines) is 1. The SMILES string of the molecule is COc1ccc(CCNC(=O)COC(=O)CN2C(=O)[C@H]3CCCC[C@H]3C2=O)cc1. The number of hydrogen-bond acceptors (Lipinski definition) is 6. The third kappa shape index (κ3) is 5.13. The van der Waals surface area contributed by atoms with Gasteiger partial charge in [-0.1, -0.05) is 25.0 Å². The molecule has 3 amide bonds. The lowest BCUT2D eigenvalue weighted by Crippen LogP contribution is -2.38. The summed E-state index contributed by atoms with van der Waals surface area (Å²) in [6.07, 6.45) is 3.86. The van der Waals surface area contributed by atoms with Gasteiger partial charge in [0.1, 0.15) is 12.3 Å². The van der Waals surface area contributed by atoms with Crippen molar-refractivity contribution < 1.29 is 28.7 Å². The van der Waals surface area contributed by atoms with Gasteiger partial charge in [0.15, 0.2) is 6.61 Å². The van der Waals surface area contributed by atoms with E-state index in [1.807, 2.05) is 24.3 Å². The highest BCUT2D eigenvalue weighted by atomic mass is 16.5. The zero-order valence-corrected chi connectivity index (χ0v) is 16.5. The Balaban J connectivity index is 1.37. The van der Waals surface area contributed by atoms with Gasteiger partial charge in [-0.2, -0.15) is 0 Å². The second kappa shape index (κ2) is 9.54. The number of esters is 1. The molecule has 1 saturated carbocycles.